The third-order valence-corrected chi connectivity index (χ3v) is 4.03. The van der Waals surface area contributed by atoms with E-state index in [2.05, 4.69) is 28.3 Å². The molecule has 0 aliphatic carbocycles. The van der Waals surface area contributed by atoms with Crippen molar-refractivity contribution in [3.05, 3.63) is 17.5 Å². The maximum Gasteiger partial charge on any atom is 0.0625 e. The molecule has 1 N–H and O–H groups in total. The highest BCUT2D eigenvalue weighted by Gasteiger charge is 2.19. The number of nitrogens with zero attached hydrogens (tertiary/aromatic N) is 3. The smallest absolute Gasteiger partial charge is 0.0625 e. The summed E-state index contributed by atoms with van der Waals surface area (Å²) in [6.45, 7) is 7.11. The Morgan fingerprint density at radius 2 is 2.40 bits per heavy atom. The second-order valence-corrected chi connectivity index (χ2v) is 5.63. The van der Waals surface area contributed by atoms with E-state index >= 15 is 0 Å². The summed E-state index contributed by atoms with van der Waals surface area (Å²) < 4.78 is 7.26. The zero-order valence-corrected chi connectivity index (χ0v) is 13.1. The van der Waals surface area contributed by atoms with E-state index in [0.717, 1.165) is 39.2 Å². The van der Waals surface area contributed by atoms with E-state index in [4.69, 9.17) is 4.74 Å². The molecule has 0 bridgehead atoms. The van der Waals surface area contributed by atoms with Crippen molar-refractivity contribution in [1.82, 2.24) is 20.0 Å². The molecule has 0 amide bonds. The Balaban J connectivity index is 1.95. The molecule has 0 saturated carbocycles. The van der Waals surface area contributed by atoms with Crippen LogP contribution in [0, 0.1) is 0 Å². The number of aromatic nitrogens is 2. The van der Waals surface area contributed by atoms with Crippen molar-refractivity contribution in [2.75, 3.05) is 33.4 Å². The summed E-state index contributed by atoms with van der Waals surface area (Å²) in [6, 6.07) is 2.85. The van der Waals surface area contributed by atoms with E-state index in [0.29, 0.717) is 6.04 Å². The van der Waals surface area contributed by atoms with Crippen molar-refractivity contribution in [1.29, 1.82) is 0 Å². The zero-order chi connectivity index (χ0) is 14.4. The number of ether oxygens (including phenoxy) is 1. The first kappa shape index (κ1) is 15.5. The van der Waals surface area contributed by atoms with Gasteiger partial charge in [-0.15, -0.1) is 0 Å². The van der Waals surface area contributed by atoms with Gasteiger partial charge in [0.15, 0.2) is 0 Å². The minimum atomic E-state index is 0.630. The summed E-state index contributed by atoms with van der Waals surface area (Å²) in [5, 5.41) is 8.11. The Labute approximate surface area is 122 Å². The van der Waals surface area contributed by atoms with Gasteiger partial charge in [-0.2, -0.15) is 5.10 Å². The lowest BCUT2D eigenvalue weighted by atomic mass is 10.2. The van der Waals surface area contributed by atoms with Crippen LogP contribution in [-0.2, 0) is 24.8 Å². The van der Waals surface area contributed by atoms with Crippen molar-refractivity contribution in [3.63, 3.8) is 0 Å². The zero-order valence-electron chi connectivity index (χ0n) is 13.1. The van der Waals surface area contributed by atoms with Gasteiger partial charge in [0.25, 0.3) is 0 Å². The second-order valence-electron chi connectivity index (χ2n) is 5.63. The highest BCUT2D eigenvalue weighted by atomic mass is 16.5. The van der Waals surface area contributed by atoms with Crippen LogP contribution in [0.2, 0.25) is 0 Å². The van der Waals surface area contributed by atoms with E-state index in [-0.39, 0.29) is 0 Å². The molecule has 0 aromatic carbocycles. The molecule has 0 radical (unpaired) electrons. The second kappa shape index (κ2) is 7.76. The molecule has 2 rings (SSSR count). The normalized spacial score (nSPS) is 19.1. The highest BCUT2D eigenvalue weighted by molar-refractivity contribution is 5.10. The molecule has 1 aliphatic heterocycles. The predicted octanol–water partition coefficient (Wildman–Crippen LogP) is 1.18. The summed E-state index contributed by atoms with van der Waals surface area (Å²) in [4.78, 5) is 2.48. The Morgan fingerprint density at radius 1 is 1.55 bits per heavy atom. The maximum atomic E-state index is 5.25. The summed E-state index contributed by atoms with van der Waals surface area (Å²) >= 11 is 0. The fraction of sp³-hybridized carbons (Fsp3) is 0.800. The number of rotatable bonds is 8. The van der Waals surface area contributed by atoms with E-state index in [1.54, 1.807) is 7.11 Å². The topological polar surface area (TPSA) is 42.3 Å². The van der Waals surface area contributed by atoms with Gasteiger partial charge in [-0.05, 0) is 31.9 Å². The summed E-state index contributed by atoms with van der Waals surface area (Å²) in [5.41, 5.74) is 2.46. The molecule has 1 fully saturated rings. The van der Waals surface area contributed by atoms with Gasteiger partial charge in [-0.3, -0.25) is 9.58 Å². The van der Waals surface area contributed by atoms with E-state index in [1.807, 2.05) is 11.7 Å². The van der Waals surface area contributed by atoms with Gasteiger partial charge in [0, 0.05) is 39.8 Å². The number of methoxy groups -OCH3 is 1. The van der Waals surface area contributed by atoms with E-state index < -0.39 is 0 Å². The molecule has 1 aromatic heterocycles. The fourth-order valence-corrected chi connectivity index (χ4v) is 2.80. The average Bonchev–Trinajstić information content (AvgIpc) is 3.06. The molecule has 1 aliphatic rings. The molecular formula is C15H28N4O. The van der Waals surface area contributed by atoms with Crippen LogP contribution < -0.4 is 5.32 Å². The Kier molecular flexibility index (Phi) is 6.01. The molecule has 2 heterocycles. The molecule has 1 aromatic rings. The number of aryl methyl sites for hydroxylation is 2. The minimum absolute atomic E-state index is 0.630. The van der Waals surface area contributed by atoms with Crippen LogP contribution in [0.3, 0.4) is 0 Å². The fourth-order valence-electron chi connectivity index (χ4n) is 2.80. The lowest BCUT2D eigenvalue weighted by molar-refractivity contribution is 0.136. The largest absolute Gasteiger partial charge is 0.383 e. The number of nitrogens with one attached hydrogen (secondary N) is 1. The van der Waals surface area contributed by atoms with Crippen molar-refractivity contribution < 1.29 is 4.74 Å². The molecule has 114 valence electrons. The van der Waals surface area contributed by atoms with Gasteiger partial charge in [0.05, 0.1) is 18.0 Å². The summed E-state index contributed by atoms with van der Waals surface area (Å²) in [6.07, 6.45) is 3.58. The molecule has 1 saturated heterocycles. The van der Waals surface area contributed by atoms with Crippen LogP contribution in [0.1, 0.15) is 31.2 Å². The molecule has 5 nitrogen and oxygen atoms in total. The van der Waals surface area contributed by atoms with Crippen LogP contribution in [0.25, 0.3) is 0 Å². The molecule has 1 atom stereocenters. The molecular weight excluding hydrogens is 252 g/mol. The number of hydrogen-bond acceptors (Lipinski definition) is 4. The minimum Gasteiger partial charge on any atom is -0.383 e. The van der Waals surface area contributed by atoms with Gasteiger partial charge in [0.1, 0.15) is 0 Å². The van der Waals surface area contributed by atoms with Crippen molar-refractivity contribution in [2.45, 2.75) is 38.8 Å². The lowest BCUT2D eigenvalue weighted by Crippen LogP contribution is -2.39. The third kappa shape index (κ3) is 4.30. The van der Waals surface area contributed by atoms with Crippen molar-refractivity contribution >= 4 is 0 Å². The standard InChI is InChI=1S/C15H28N4O/c1-4-13-10-15(18(2)17-13)12-19(8-9-20-3)11-14-6-5-7-16-14/h10,14,16H,4-9,11-12H2,1-3H3. The Bertz CT molecular complexity index is 399. The van der Waals surface area contributed by atoms with Crippen LogP contribution in [-0.4, -0.2) is 54.1 Å². The van der Waals surface area contributed by atoms with Crippen LogP contribution >= 0.6 is 0 Å². The molecule has 5 heteroatoms. The Hall–Kier alpha value is -0.910. The van der Waals surface area contributed by atoms with Gasteiger partial charge in [-0.1, -0.05) is 6.92 Å². The highest BCUT2D eigenvalue weighted by Crippen LogP contribution is 2.11. The number of hydrogen-bond donors (Lipinski definition) is 1. The summed E-state index contributed by atoms with van der Waals surface area (Å²) in [7, 11) is 3.81. The first-order chi connectivity index (χ1) is 9.72. The van der Waals surface area contributed by atoms with Gasteiger partial charge in [0.2, 0.25) is 0 Å². The monoisotopic (exact) mass is 280 g/mol. The molecule has 20 heavy (non-hydrogen) atoms. The average molecular weight is 280 g/mol. The van der Waals surface area contributed by atoms with Crippen molar-refractivity contribution in [3.8, 4) is 0 Å². The molecule has 1 unspecified atom stereocenters. The van der Waals surface area contributed by atoms with Gasteiger partial charge < -0.3 is 10.1 Å². The SMILES string of the molecule is CCc1cc(CN(CCOC)CC2CCCN2)n(C)n1. The quantitative estimate of drug-likeness (QED) is 0.776. The van der Waals surface area contributed by atoms with Crippen molar-refractivity contribution in [2.24, 2.45) is 7.05 Å². The van der Waals surface area contributed by atoms with Crippen LogP contribution in [0.5, 0.6) is 0 Å². The van der Waals surface area contributed by atoms with Crippen LogP contribution in [0.15, 0.2) is 6.07 Å². The maximum absolute atomic E-state index is 5.25. The Morgan fingerprint density at radius 3 is 3.00 bits per heavy atom. The first-order valence-electron chi connectivity index (χ1n) is 7.69. The third-order valence-electron chi connectivity index (χ3n) is 4.03. The molecule has 0 spiro atoms. The van der Waals surface area contributed by atoms with Crippen LogP contribution in [0.4, 0.5) is 0 Å². The lowest BCUT2D eigenvalue weighted by Gasteiger charge is -2.25. The predicted molar refractivity (Wildman–Crippen MR) is 80.8 cm³/mol. The first-order valence-corrected chi connectivity index (χ1v) is 7.69. The van der Waals surface area contributed by atoms with E-state index in [1.165, 1.54) is 24.2 Å². The van der Waals surface area contributed by atoms with Gasteiger partial charge >= 0.3 is 0 Å². The van der Waals surface area contributed by atoms with E-state index in [9.17, 15) is 0 Å². The summed E-state index contributed by atoms with van der Waals surface area (Å²) in [5.74, 6) is 0. The van der Waals surface area contributed by atoms with Gasteiger partial charge in [-0.25, -0.2) is 0 Å².